The fraction of sp³-hybridized carbons (Fsp3) is 0. The Labute approximate surface area is 128 Å². The third-order valence-corrected chi connectivity index (χ3v) is 3.27. The van der Waals surface area contributed by atoms with Gasteiger partial charge in [-0.3, -0.25) is 4.79 Å². The first-order valence-electron chi connectivity index (χ1n) is 5.78. The van der Waals surface area contributed by atoms with Crippen molar-refractivity contribution < 1.29 is 9.18 Å². The van der Waals surface area contributed by atoms with Crippen LogP contribution in [0.2, 0.25) is 0 Å². The fourth-order valence-corrected chi connectivity index (χ4v) is 2.12. The van der Waals surface area contributed by atoms with Crippen LogP contribution in [0.4, 0.5) is 21.5 Å². The van der Waals surface area contributed by atoms with Crippen molar-refractivity contribution in [1.29, 1.82) is 5.26 Å². The monoisotopic (exact) mass is 348 g/mol. The van der Waals surface area contributed by atoms with E-state index >= 15 is 0 Å². The van der Waals surface area contributed by atoms with E-state index in [-0.39, 0.29) is 16.9 Å². The molecule has 5 N–H and O–H groups in total. The van der Waals surface area contributed by atoms with Gasteiger partial charge in [0.15, 0.2) is 0 Å². The zero-order chi connectivity index (χ0) is 15.6. The predicted molar refractivity (Wildman–Crippen MR) is 81.5 cm³/mol. The Hall–Kier alpha value is -2.59. The van der Waals surface area contributed by atoms with Crippen molar-refractivity contribution in [2.75, 3.05) is 11.1 Å². The summed E-state index contributed by atoms with van der Waals surface area (Å²) in [5.41, 5.74) is 11.4. The number of nitrogens with two attached hydrogens (primary N) is 2. The Morgan fingerprint density at radius 3 is 2.62 bits per heavy atom. The predicted octanol–water partition coefficient (Wildman–Crippen LogP) is 2.88. The summed E-state index contributed by atoms with van der Waals surface area (Å²) in [6.45, 7) is 0. The number of benzene rings is 2. The highest BCUT2D eigenvalue weighted by molar-refractivity contribution is 9.10. The third kappa shape index (κ3) is 3.12. The molecule has 0 aliphatic heterocycles. The molecule has 0 aliphatic carbocycles. The minimum Gasteiger partial charge on any atom is -0.398 e. The average Bonchev–Trinajstić information content (AvgIpc) is 2.41. The van der Waals surface area contributed by atoms with Crippen LogP contribution in [-0.4, -0.2) is 5.91 Å². The lowest BCUT2D eigenvalue weighted by Crippen LogP contribution is -2.14. The topological polar surface area (TPSA) is 105 Å². The molecular formula is C14H10BrFN4O. The summed E-state index contributed by atoms with van der Waals surface area (Å²) in [6, 6.07) is 9.11. The largest absolute Gasteiger partial charge is 0.398 e. The van der Waals surface area contributed by atoms with Gasteiger partial charge in [0.1, 0.15) is 11.9 Å². The van der Waals surface area contributed by atoms with Crippen LogP contribution in [-0.2, 0) is 0 Å². The lowest BCUT2D eigenvalue weighted by atomic mass is 10.1. The molecule has 0 fully saturated rings. The van der Waals surface area contributed by atoms with Crippen LogP contribution in [0.1, 0.15) is 15.9 Å². The Morgan fingerprint density at radius 2 is 2.00 bits per heavy atom. The summed E-state index contributed by atoms with van der Waals surface area (Å²) < 4.78 is 14.6. The second-order valence-electron chi connectivity index (χ2n) is 4.21. The Balaban J connectivity index is 2.50. The first-order valence-corrected chi connectivity index (χ1v) is 6.57. The number of primary amides is 1. The number of carbonyl (C=O) groups is 1. The van der Waals surface area contributed by atoms with Crippen molar-refractivity contribution in [1.82, 2.24) is 0 Å². The Morgan fingerprint density at radius 1 is 1.29 bits per heavy atom. The molecule has 0 saturated heterocycles. The van der Waals surface area contributed by atoms with E-state index in [1.807, 2.05) is 6.07 Å². The van der Waals surface area contributed by atoms with Gasteiger partial charge >= 0.3 is 0 Å². The highest BCUT2D eigenvalue weighted by atomic mass is 79.9. The van der Waals surface area contributed by atoms with Gasteiger partial charge in [0, 0.05) is 10.2 Å². The van der Waals surface area contributed by atoms with E-state index in [1.165, 1.54) is 6.07 Å². The van der Waals surface area contributed by atoms with E-state index in [2.05, 4.69) is 21.2 Å². The van der Waals surface area contributed by atoms with Crippen LogP contribution >= 0.6 is 15.9 Å². The first-order chi connectivity index (χ1) is 9.92. The van der Waals surface area contributed by atoms with Crippen LogP contribution in [0.5, 0.6) is 0 Å². The maximum absolute atomic E-state index is 13.9. The molecule has 0 bridgehead atoms. The van der Waals surface area contributed by atoms with Gasteiger partial charge in [0.2, 0.25) is 0 Å². The highest BCUT2D eigenvalue weighted by Gasteiger charge is 2.13. The average molecular weight is 349 g/mol. The molecule has 2 aromatic carbocycles. The van der Waals surface area contributed by atoms with Crippen molar-refractivity contribution in [3.05, 3.63) is 51.7 Å². The number of hydrogen-bond donors (Lipinski definition) is 3. The molecule has 21 heavy (non-hydrogen) atoms. The normalized spacial score (nSPS) is 9.95. The summed E-state index contributed by atoms with van der Waals surface area (Å²) in [4.78, 5) is 11.2. The van der Waals surface area contributed by atoms with Crippen LogP contribution in [0.3, 0.4) is 0 Å². The maximum atomic E-state index is 13.9. The zero-order valence-corrected chi connectivity index (χ0v) is 12.2. The molecule has 7 heteroatoms. The molecule has 0 spiro atoms. The number of nitrogens with one attached hydrogen (secondary N) is 1. The number of nitrogen functional groups attached to an aromatic ring is 1. The number of amides is 1. The third-order valence-electron chi connectivity index (χ3n) is 2.78. The van der Waals surface area contributed by atoms with E-state index in [0.717, 1.165) is 10.5 Å². The molecule has 0 atom stereocenters. The summed E-state index contributed by atoms with van der Waals surface area (Å²) in [5, 5.41) is 11.8. The number of nitriles is 1. The molecule has 0 saturated carbocycles. The van der Waals surface area contributed by atoms with Gasteiger partial charge in [-0.15, -0.1) is 0 Å². The number of carbonyl (C=O) groups excluding carboxylic acids is 1. The highest BCUT2D eigenvalue weighted by Crippen LogP contribution is 2.28. The fourth-order valence-electron chi connectivity index (χ4n) is 1.76. The molecule has 2 rings (SSSR count). The van der Waals surface area contributed by atoms with E-state index in [4.69, 9.17) is 16.7 Å². The van der Waals surface area contributed by atoms with Gasteiger partial charge < -0.3 is 16.8 Å². The summed E-state index contributed by atoms with van der Waals surface area (Å²) >= 11 is 3.27. The second kappa shape index (κ2) is 5.81. The molecule has 0 aromatic heterocycles. The number of halogens is 2. The van der Waals surface area contributed by atoms with E-state index in [9.17, 15) is 9.18 Å². The minimum absolute atomic E-state index is 0.00686. The van der Waals surface area contributed by atoms with Crippen molar-refractivity contribution in [2.24, 2.45) is 5.73 Å². The standard InChI is InChI=1S/C14H10BrFN4O/c15-8-2-1-7(6-17)12(3-8)20-13-4-9(14(19)21)11(18)5-10(13)16/h1-5,20H,18H2,(H2,19,21). The van der Waals surface area contributed by atoms with Crippen LogP contribution in [0, 0.1) is 17.1 Å². The SMILES string of the molecule is N#Cc1ccc(Br)cc1Nc1cc(C(N)=O)c(N)cc1F. The van der Waals surface area contributed by atoms with Crippen LogP contribution in [0.15, 0.2) is 34.8 Å². The number of nitrogens with zero attached hydrogens (tertiary/aromatic N) is 1. The molecule has 0 heterocycles. The van der Waals surface area contributed by atoms with Crippen molar-refractivity contribution >= 4 is 38.9 Å². The van der Waals surface area contributed by atoms with Gasteiger partial charge in [-0.2, -0.15) is 5.26 Å². The molecule has 1 amide bonds. The Kier molecular flexibility index (Phi) is 4.10. The van der Waals surface area contributed by atoms with Crippen molar-refractivity contribution in [2.45, 2.75) is 0 Å². The van der Waals surface area contributed by atoms with Gasteiger partial charge in [-0.25, -0.2) is 4.39 Å². The molecule has 106 valence electrons. The molecule has 0 aliphatic rings. The quantitative estimate of drug-likeness (QED) is 0.741. The number of rotatable bonds is 3. The lowest BCUT2D eigenvalue weighted by Gasteiger charge is -2.12. The molecule has 0 unspecified atom stereocenters. The van der Waals surface area contributed by atoms with Crippen molar-refractivity contribution in [3.63, 3.8) is 0 Å². The van der Waals surface area contributed by atoms with E-state index in [1.54, 1.807) is 18.2 Å². The molecule has 0 radical (unpaired) electrons. The van der Waals surface area contributed by atoms with Gasteiger partial charge in [-0.1, -0.05) is 15.9 Å². The van der Waals surface area contributed by atoms with Crippen molar-refractivity contribution in [3.8, 4) is 6.07 Å². The minimum atomic E-state index is -0.759. The lowest BCUT2D eigenvalue weighted by molar-refractivity contribution is 0.100. The second-order valence-corrected chi connectivity index (χ2v) is 5.13. The number of anilines is 3. The zero-order valence-electron chi connectivity index (χ0n) is 10.7. The molecule has 2 aromatic rings. The smallest absolute Gasteiger partial charge is 0.250 e. The van der Waals surface area contributed by atoms with E-state index < -0.39 is 11.7 Å². The molecule has 5 nitrogen and oxygen atoms in total. The summed E-state index contributed by atoms with van der Waals surface area (Å²) in [7, 11) is 0. The Bertz CT molecular complexity index is 770. The maximum Gasteiger partial charge on any atom is 0.250 e. The number of hydrogen-bond acceptors (Lipinski definition) is 4. The van der Waals surface area contributed by atoms with Crippen LogP contribution in [0.25, 0.3) is 0 Å². The van der Waals surface area contributed by atoms with Gasteiger partial charge in [0.05, 0.1) is 22.5 Å². The summed E-state index contributed by atoms with van der Waals surface area (Å²) in [5.74, 6) is -1.41. The molecular weight excluding hydrogens is 339 g/mol. The van der Waals surface area contributed by atoms with Gasteiger partial charge in [0.25, 0.3) is 5.91 Å². The van der Waals surface area contributed by atoms with Gasteiger partial charge in [-0.05, 0) is 30.3 Å². The summed E-state index contributed by atoms with van der Waals surface area (Å²) in [6.07, 6.45) is 0. The van der Waals surface area contributed by atoms with Crippen LogP contribution < -0.4 is 16.8 Å². The van der Waals surface area contributed by atoms with E-state index in [0.29, 0.717) is 11.3 Å². The first kappa shape index (κ1) is 14.8.